The van der Waals surface area contributed by atoms with Gasteiger partial charge in [0.25, 0.3) is 11.6 Å². The van der Waals surface area contributed by atoms with Crippen LogP contribution in [0.1, 0.15) is 19.8 Å². The van der Waals surface area contributed by atoms with Crippen molar-refractivity contribution in [1.29, 1.82) is 0 Å². The number of anilines is 2. The number of imide groups is 1. The van der Waals surface area contributed by atoms with E-state index in [1.165, 1.54) is 17.0 Å². The van der Waals surface area contributed by atoms with E-state index >= 15 is 0 Å². The molecule has 0 spiro atoms. The van der Waals surface area contributed by atoms with Crippen LogP contribution in [0, 0.1) is 10.1 Å². The van der Waals surface area contributed by atoms with E-state index in [9.17, 15) is 19.7 Å². The van der Waals surface area contributed by atoms with E-state index in [4.69, 9.17) is 4.74 Å². The molecule has 2 aromatic carbocycles. The van der Waals surface area contributed by atoms with Gasteiger partial charge >= 0.3 is 0 Å². The molecule has 0 N–H and O–H groups in total. The third kappa shape index (κ3) is 4.43. The Morgan fingerprint density at radius 3 is 2.19 bits per heavy atom. The van der Waals surface area contributed by atoms with Gasteiger partial charge in [-0.25, -0.2) is 4.90 Å². The molecule has 9 heteroatoms. The Morgan fingerprint density at radius 1 is 0.969 bits per heavy atom. The van der Waals surface area contributed by atoms with Crippen molar-refractivity contribution in [3.8, 4) is 5.75 Å². The molecular formula is C23H26N4O5. The van der Waals surface area contributed by atoms with Crippen LogP contribution in [0.3, 0.4) is 0 Å². The van der Waals surface area contributed by atoms with E-state index in [1.54, 1.807) is 36.4 Å². The predicted octanol–water partition coefficient (Wildman–Crippen LogP) is 2.84. The second kappa shape index (κ2) is 9.35. The van der Waals surface area contributed by atoms with E-state index in [-0.39, 0.29) is 23.9 Å². The fraction of sp³-hybridized carbons (Fsp3) is 0.391. The number of non-ortho nitro benzene ring substituents is 1. The quantitative estimate of drug-likeness (QED) is 0.373. The fourth-order valence-corrected chi connectivity index (χ4v) is 4.16. The summed E-state index contributed by atoms with van der Waals surface area (Å²) >= 11 is 0. The predicted molar refractivity (Wildman–Crippen MR) is 120 cm³/mol. The van der Waals surface area contributed by atoms with E-state index < -0.39 is 11.0 Å². The lowest BCUT2D eigenvalue weighted by molar-refractivity contribution is -0.384. The second-order valence-corrected chi connectivity index (χ2v) is 7.93. The topological polar surface area (TPSA) is 96.2 Å². The van der Waals surface area contributed by atoms with Gasteiger partial charge in [-0.05, 0) is 42.8 Å². The Kier molecular flexibility index (Phi) is 6.36. The van der Waals surface area contributed by atoms with E-state index in [1.807, 2.05) is 6.92 Å². The van der Waals surface area contributed by atoms with Crippen LogP contribution in [0.25, 0.3) is 0 Å². The van der Waals surface area contributed by atoms with Gasteiger partial charge in [0, 0.05) is 44.0 Å². The number of ether oxygens (including phenoxy) is 1. The summed E-state index contributed by atoms with van der Waals surface area (Å²) in [6.45, 7) is 5.28. The minimum Gasteiger partial charge on any atom is -0.494 e. The lowest BCUT2D eigenvalue weighted by Crippen LogP contribution is -2.52. The van der Waals surface area contributed by atoms with Gasteiger partial charge in [-0.3, -0.25) is 24.6 Å². The van der Waals surface area contributed by atoms with Crippen LogP contribution in [0.15, 0.2) is 48.5 Å². The molecule has 2 saturated heterocycles. The highest BCUT2D eigenvalue weighted by Crippen LogP contribution is 2.29. The molecule has 2 fully saturated rings. The van der Waals surface area contributed by atoms with Crippen LogP contribution in [0.2, 0.25) is 0 Å². The van der Waals surface area contributed by atoms with Gasteiger partial charge in [-0.2, -0.15) is 0 Å². The molecule has 0 aliphatic carbocycles. The summed E-state index contributed by atoms with van der Waals surface area (Å²) in [5.74, 6) is 0.328. The second-order valence-electron chi connectivity index (χ2n) is 7.93. The van der Waals surface area contributed by atoms with Crippen LogP contribution in [-0.2, 0) is 9.59 Å². The molecule has 0 radical (unpaired) electrons. The molecule has 2 heterocycles. The van der Waals surface area contributed by atoms with Crippen molar-refractivity contribution in [3.63, 3.8) is 0 Å². The molecule has 168 valence electrons. The van der Waals surface area contributed by atoms with Gasteiger partial charge in [-0.15, -0.1) is 0 Å². The standard InChI is InChI=1S/C23H26N4O5/c1-2-15-32-20-9-7-18(8-10-20)26-22(28)16-21(23(26)29)25-13-11-24(12-14-25)17-3-5-19(6-4-17)27(30)31/h3-10,21H,2,11-16H2,1H3/t21-/m0/s1. The number of benzene rings is 2. The van der Waals surface area contributed by atoms with Gasteiger partial charge < -0.3 is 9.64 Å². The Bertz CT molecular complexity index is 984. The average Bonchev–Trinajstić information content (AvgIpc) is 3.12. The van der Waals surface area contributed by atoms with Crippen molar-refractivity contribution in [3.05, 3.63) is 58.6 Å². The molecule has 9 nitrogen and oxygen atoms in total. The minimum absolute atomic E-state index is 0.0625. The molecule has 0 unspecified atom stereocenters. The first-order valence-electron chi connectivity index (χ1n) is 10.8. The Labute approximate surface area is 186 Å². The zero-order valence-corrected chi connectivity index (χ0v) is 18.0. The van der Waals surface area contributed by atoms with Crippen molar-refractivity contribution < 1.29 is 19.2 Å². The minimum atomic E-state index is -0.461. The normalized spacial score (nSPS) is 19.5. The van der Waals surface area contributed by atoms with Gasteiger partial charge in [-0.1, -0.05) is 6.92 Å². The van der Waals surface area contributed by atoms with Crippen LogP contribution in [-0.4, -0.2) is 60.5 Å². The largest absolute Gasteiger partial charge is 0.494 e. The third-order valence-corrected chi connectivity index (χ3v) is 5.87. The van der Waals surface area contributed by atoms with Gasteiger partial charge in [0.2, 0.25) is 5.91 Å². The average molecular weight is 438 g/mol. The summed E-state index contributed by atoms with van der Waals surface area (Å²) < 4.78 is 5.57. The van der Waals surface area contributed by atoms with E-state index in [2.05, 4.69) is 9.80 Å². The van der Waals surface area contributed by atoms with Crippen LogP contribution >= 0.6 is 0 Å². The molecule has 32 heavy (non-hydrogen) atoms. The summed E-state index contributed by atoms with van der Waals surface area (Å²) in [7, 11) is 0. The SMILES string of the molecule is CCCOc1ccc(N2C(=O)C[C@H](N3CCN(c4ccc([N+](=O)[O-])cc4)CC3)C2=O)cc1. The van der Waals surface area contributed by atoms with Gasteiger partial charge in [0.15, 0.2) is 0 Å². The zero-order chi connectivity index (χ0) is 22.7. The van der Waals surface area contributed by atoms with Crippen molar-refractivity contribution in [2.75, 3.05) is 42.6 Å². The first kappa shape index (κ1) is 21.8. The maximum absolute atomic E-state index is 13.1. The summed E-state index contributed by atoms with van der Waals surface area (Å²) in [5, 5.41) is 10.8. The lowest BCUT2D eigenvalue weighted by atomic mass is 10.1. The first-order valence-corrected chi connectivity index (χ1v) is 10.8. The number of rotatable bonds is 7. The number of hydrogen-bond donors (Lipinski definition) is 0. The zero-order valence-electron chi connectivity index (χ0n) is 18.0. The Morgan fingerprint density at radius 2 is 1.59 bits per heavy atom. The lowest BCUT2D eigenvalue weighted by Gasteiger charge is -2.38. The number of hydrogen-bond acceptors (Lipinski definition) is 7. The van der Waals surface area contributed by atoms with E-state index in [0.29, 0.717) is 44.2 Å². The highest BCUT2D eigenvalue weighted by Gasteiger charge is 2.43. The maximum atomic E-state index is 13.1. The monoisotopic (exact) mass is 438 g/mol. The van der Waals surface area contributed by atoms with Crippen LogP contribution < -0.4 is 14.5 Å². The molecular weight excluding hydrogens is 412 g/mol. The number of carbonyl (C=O) groups is 2. The fourth-order valence-electron chi connectivity index (χ4n) is 4.16. The number of nitrogens with zero attached hydrogens (tertiary/aromatic N) is 4. The number of piperazine rings is 1. The van der Waals surface area contributed by atoms with Crippen LogP contribution in [0.4, 0.5) is 17.1 Å². The number of nitro benzene ring substituents is 1. The first-order chi connectivity index (χ1) is 15.5. The van der Waals surface area contributed by atoms with Crippen molar-refractivity contribution in [1.82, 2.24) is 4.90 Å². The van der Waals surface area contributed by atoms with Gasteiger partial charge in [0.05, 0.1) is 29.7 Å². The number of carbonyl (C=O) groups excluding carboxylic acids is 2. The highest BCUT2D eigenvalue weighted by molar-refractivity contribution is 6.22. The summed E-state index contributed by atoms with van der Waals surface area (Å²) in [5.41, 5.74) is 1.54. The number of nitro groups is 1. The van der Waals surface area contributed by atoms with Crippen molar-refractivity contribution in [2.45, 2.75) is 25.8 Å². The smallest absolute Gasteiger partial charge is 0.269 e. The van der Waals surface area contributed by atoms with Crippen molar-refractivity contribution >= 4 is 28.9 Å². The summed E-state index contributed by atoms with van der Waals surface area (Å²) in [4.78, 5) is 41.6. The summed E-state index contributed by atoms with van der Waals surface area (Å²) in [6.07, 6.45) is 1.08. The molecule has 0 saturated carbocycles. The molecule has 2 amide bonds. The Balaban J connectivity index is 1.37. The number of amides is 2. The Hall–Kier alpha value is -3.46. The molecule has 0 bridgehead atoms. The molecule has 2 aliphatic heterocycles. The molecule has 4 rings (SSSR count). The maximum Gasteiger partial charge on any atom is 0.269 e. The van der Waals surface area contributed by atoms with Crippen LogP contribution in [0.5, 0.6) is 5.75 Å². The van der Waals surface area contributed by atoms with Crippen molar-refractivity contribution in [2.24, 2.45) is 0 Å². The van der Waals surface area contributed by atoms with Gasteiger partial charge in [0.1, 0.15) is 5.75 Å². The summed E-state index contributed by atoms with van der Waals surface area (Å²) in [6, 6.07) is 13.1. The molecule has 2 aliphatic rings. The third-order valence-electron chi connectivity index (χ3n) is 5.87. The molecule has 0 aromatic heterocycles. The van der Waals surface area contributed by atoms with E-state index in [0.717, 1.165) is 12.1 Å². The molecule has 2 aromatic rings. The molecule has 1 atom stereocenters. The highest BCUT2D eigenvalue weighted by atomic mass is 16.6.